The van der Waals surface area contributed by atoms with Crippen molar-refractivity contribution >= 4 is 0 Å². The molecule has 2 N–H and O–H groups in total. The lowest BCUT2D eigenvalue weighted by Crippen LogP contribution is -2.01. The molecule has 0 aromatic carbocycles. The van der Waals surface area contributed by atoms with Crippen molar-refractivity contribution in [1.82, 2.24) is 25.4 Å². The summed E-state index contributed by atoms with van der Waals surface area (Å²) in [6.07, 6.45) is 2.20. The fraction of sp³-hybridized carbons (Fsp3) is 0.615. The van der Waals surface area contributed by atoms with Crippen LogP contribution in [0.2, 0.25) is 0 Å². The topological polar surface area (TPSA) is 70.2 Å². The van der Waals surface area contributed by atoms with Crippen LogP contribution in [-0.2, 0) is 0 Å². The second-order valence-corrected chi connectivity index (χ2v) is 5.11. The van der Waals surface area contributed by atoms with Crippen LogP contribution in [0.25, 0.3) is 0 Å². The van der Waals surface area contributed by atoms with Crippen molar-refractivity contribution in [1.29, 1.82) is 0 Å². The molecule has 0 bridgehead atoms. The maximum absolute atomic E-state index is 4.38. The van der Waals surface area contributed by atoms with E-state index < -0.39 is 0 Å². The van der Waals surface area contributed by atoms with E-state index in [2.05, 4.69) is 45.3 Å². The van der Waals surface area contributed by atoms with Crippen LogP contribution in [0.15, 0.2) is 6.07 Å². The molecule has 0 amide bonds. The van der Waals surface area contributed by atoms with Gasteiger partial charge < -0.3 is 0 Å². The Bertz CT molecular complexity index is 453. The van der Waals surface area contributed by atoms with Crippen molar-refractivity contribution in [3.05, 3.63) is 29.1 Å². The summed E-state index contributed by atoms with van der Waals surface area (Å²) in [5.41, 5.74) is 2.27. The van der Waals surface area contributed by atoms with Gasteiger partial charge >= 0.3 is 0 Å². The van der Waals surface area contributed by atoms with Gasteiger partial charge in [0.1, 0.15) is 11.6 Å². The van der Waals surface area contributed by atoms with Gasteiger partial charge in [-0.2, -0.15) is 10.2 Å². The van der Waals surface area contributed by atoms with Crippen LogP contribution in [0.3, 0.4) is 0 Å². The number of aromatic amines is 2. The molecule has 98 valence electrons. The van der Waals surface area contributed by atoms with E-state index >= 15 is 0 Å². The van der Waals surface area contributed by atoms with Gasteiger partial charge in [-0.05, 0) is 38.7 Å². The van der Waals surface area contributed by atoms with Gasteiger partial charge in [-0.3, -0.25) is 10.2 Å². The number of rotatable bonds is 5. The molecule has 2 atom stereocenters. The van der Waals surface area contributed by atoms with Crippen LogP contribution in [0.5, 0.6) is 0 Å². The number of aryl methyl sites for hydroxylation is 2. The minimum absolute atomic E-state index is 0.415. The third kappa shape index (κ3) is 2.97. The lowest BCUT2D eigenvalue weighted by Gasteiger charge is -2.12. The number of hydrogen-bond donors (Lipinski definition) is 2. The average Bonchev–Trinajstić information content (AvgIpc) is 2.94. The molecule has 0 spiro atoms. The van der Waals surface area contributed by atoms with Crippen LogP contribution in [0.1, 0.15) is 61.6 Å². The van der Waals surface area contributed by atoms with E-state index in [-0.39, 0.29) is 0 Å². The fourth-order valence-electron chi connectivity index (χ4n) is 2.07. The molecule has 0 fully saturated rings. The first kappa shape index (κ1) is 12.8. The molecule has 2 unspecified atom stereocenters. The third-order valence-corrected chi connectivity index (χ3v) is 3.37. The first-order chi connectivity index (χ1) is 8.56. The van der Waals surface area contributed by atoms with Crippen molar-refractivity contribution in [2.45, 2.75) is 52.4 Å². The molecule has 2 aromatic heterocycles. The van der Waals surface area contributed by atoms with Crippen LogP contribution in [-0.4, -0.2) is 25.4 Å². The van der Waals surface area contributed by atoms with E-state index in [4.69, 9.17) is 0 Å². The van der Waals surface area contributed by atoms with E-state index in [9.17, 15) is 0 Å². The lowest BCUT2D eigenvalue weighted by atomic mass is 9.95. The highest BCUT2D eigenvalue weighted by atomic mass is 15.2. The molecular formula is C13H21N5. The third-order valence-electron chi connectivity index (χ3n) is 3.37. The normalized spacial score (nSPS) is 14.7. The number of H-pyrrole nitrogens is 2. The predicted molar refractivity (Wildman–Crippen MR) is 70.5 cm³/mol. The molecule has 0 aliphatic rings. The Morgan fingerprint density at radius 3 is 2.33 bits per heavy atom. The van der Waals surface area contributed by atoms with Crippen molar-refractivity contribution in [2.24, 2.45) is 0 Å². The maximum Gasteiger partial charge on any atom is 0.147 e. The maximum atomic E-state index is 4.38. The Morgan fingerprint density at radius 2 is 1.78 bits per heavy atom. The van der Waals surface area contributed by atoms with Crippen molar-refractivity contribution in [2.75, 3.05) is 0 Å². The van der Waals surface area contributed by atoms with E-state index in [0.717, 1.165) is 30.2 Å². The lowest BCUT2D eigenvalue weighted by molar-refractivity contribution is 0.548. The highest BCUT2D eigenvalue weighted by Crippen LogP contribution is 2.25. The summed E-state index contributed by atoms with van der Waals surface area (Å²) in [5, 5.41) is 14.3. The smallest absolute Gasteiger partial charge is 0.147 e. The zero-order chi connectivity index (χ0) is 13.1. The average molecular weight is 247 g/mol. The minimum atomic E-state index is 0.415. The summed E-state index contributed by atoms with van der Waals surface area (Å²) in [7, 11) is 0. The zero-order valence-electron chi connectivity index (χ0n) is 11.5. The van der Waals surface area contributed by atoms with E-state index in [1.807, 2.05) is 13.8 Å². The van der Waals surface area contributed by atoms with Gasteiger partial charge in [-0.1, -0.05) is 13.8 Å². The molecule has 0 saturated carbocycles. The molecule has 5 heteroatoms. The summed E-state index contributed by atoms with van der Waals surface area (Å²) < 4.78 is 0. The Labute approximate surface area is 107 Å². The fourth-order valence-corrected chi connectivity index (χ4v) is 2.07. The standard InChI is InChI=1S/C13H21N5/c1-8(12-7-10(3)15-17-12)5-6-9(2)13-14-11(4)16-18-13/h7-9H,5-6H2,1-4H3,(H,15,17)(H,14,16,18). The van der Waals surface area contributed by atoms with E-state index in [0.29, 0.717) is 11.8 Å². The highest BCUT2D eigenvalue weighted by molar-refractivity contribution is 5.11. The number of nitrogens with one attached hydrogen (secondary N) is 2. The zero-order valence-corrected chi connectivity index (χ0v) is 11.5. The van der Waals surface area contributed by atoms with Crippen molar-refractivity contribution in [3.63, 3.8) is 0 Å². The van der Waals surface area contributed by atoms with Crippen molar-refractivity contribution < 1.29 is 0 Å². The van der Waals surface area contributed by atoms with Crippen LogP contribution in [0, 0.1) is 13.8 Å². The molecule has 5 nitrogen and oxygen atoms in total. The van der Waals surface area contributed by atoms with Gasteiger partial charge in [0.25, 0.3) is 0 Å². The SMILES string of the molecule is Cc1cc(C(C)CCC(C)c2nc(C)n[nH]2)[nH]n1. The summed E-state index contributed by atoms with van der Waals surface area (Å²) in [5.74, 6) is 2.71. The first-order valence-corrected chi connectivity index (χ1v) is 6.47. The molecule has 18 heavy (non-hydrogen) atoms. The second-order valence-electron chi connectivity index (χ2n) is 5.11. The number of hydrogen-bond acceptors (Lipinski definition) is 3. The van der Waals surface area contributed by atoms with Gasteiger partial charge in [-0.15, -0.1) is 0 Å². The number of nitrogens with zero attached hydrogens (tertiary/aromatic N) is 3. The largest absolute Gasteiger partial charge is 0.282 e. The van der Waals surface area contributed by atoms with Gasteiger partial charge in [0.2, 0.25) is 0 Å². The predicted octanol–water partition coefficient (Wildman–Crippen LogP) is 2.83. The minimum Gasteiger partial charge on any atom is -0.282 e. The number of aromatic nitrogens is 5. The second kappa shape index (κ2) is 5.33. The molecule has 0 aliphatic carbocycles. The Hall–Kier alpha value is -1.65. The molecule has 0 aliphatic heterocycles. The van der Waals surface area contributed by atoms with Crippen molar-refractivity contribution in [3.8, 4) is 0 Å². The molecule has 2 heterocycles. The van der Waals surface area contributed by atoms with E-state index in [1.165, 1.54) is 5.69 Å². The molecule has 0 saturated heterocycles. The summed E-state index contributed by atoms with van der Waals surface area (Å²) in [6.45, 7) is 8.32. The van der Waals surface area contributed by atoms with Crippen LogP contribution < -0.4 is 0 Å². The van der Waals surface area contributed by atoms with Gasteiger partial charge in [0.15, 0.2) is 0 Å². The molecular weight excluding hydrogens is 226 g/mol. The van der Waals surface area contributed by atoms with E-state index in [1.54, 1.807) is 0 Å². The van der Waals surface area contributed by atoms with Crippen LogP contribution in [0.4, 0.5) is 0 Å². The summed E-state index contributed by atoms with van der Waals surface area (Å²) in [6, 6.07) is 2.12. The molecule has 2 rings (SSSR count). The Balaban J connectivity index is 1.88. The van der Waals surface area contributed by atoms with Gasteiger partial charge in [-0.25, -0.2) is 4.98 Å². The quantitative estimate of drug-likeness (QED) is 0.853. The molecule has 2 aromatic rings. The summed E-state index contributed by atoms with van der Waals surface area (Å²) in [4.78, 5) is 4.38. The Kier molecular flexibility index (Phi) is 3.79. The van der Waals surface area contributed by atoms with Crippen LogP contribution >= 0.6 is 0 Å². The van der Waals surface area contributed by atoms with Gasteiger partial charge in [0.05, 0.1) is 5.69 Å². The summed E-state index contributed by atoms with van der Waals surface area (Å²) >= 11 is 0. The highest BCUT2D eigenvalue weighted by Gasteiger charge is 2.14. The first-order valence-electron chi connectivity index (χ1n) is 6.47. The molecule has 0 radical (unpaired) electrons. The monoisotopic (exact) mass is 247 g/mol. The van der Waals surface area contributed by atoms with Gasteiger partial charge in [0, 0.05) is 11.6 Å². The Morgan fingerprint density at radius 1 is 1.06 bits per heavy atom.